The third kappa shape index (κ3) is 3.40. The first-order chi connectivity index (χ1) is 14.5. The van der Waals surface area contributed by atoms with Crippen molar-refractivity contribution in [2.24, 2.45) is 0 Å². The van der Waals surface area contributed by atoms with Gasteiger partial charge in [0, 0.05) is 31.6 Å². The van der Waals surface area contributed by atoms with Gasteiger partial charge in [0.25, 0.3) is 0 Å². The molecule has 1 saturated heterocycles. The van der Waals surface area contributed by atoms with E-state index in [0.717, 1.165) is 37.3 Å². The highest BCUT2D eigenvalue weighted by molar-refractivity contribution is 5.48. The molecule has 0 unspecified atom stereocenters. The molecular weight excluding hydrogens is 399 g/mol. The fourth-order valence-electron chi connectivity index (χ4n) is 4.38. The zero-order valence-electron chi connectivity index (χ0n) is 16.4. The molecule has 5 rings (SSSR count). The van der Waals surface area contributed by atoms with Gasteiger partial charge in [0.1, 0.15) is 18.0 Å². The van der Waals surface area contributed by atoms with E-state index in [2.05, 4.69) is 9.88 Å². The second-order valence-electron chi connectivity index (χ2n) is 8.24. The maximum absolute atomic E-state index is 14.4. The Kier molecular flexibility index (Phi) is 4.63. The van der Waals surface area contributed by atoms with Crippen LogP contribution in [-0.2, 0) is 13.2 Å². The molecule has 2 aromatic rings. The molecule has 0 spiro atoms. The molecule has 1 aromatic heterocycles. The Hall–Kier alpha value is -2.71. The van der Waals surface area contributed by atoms with Gasteiger partial charge in [-0.2, -0.15) is 4.98 Å². The Balaban J connectivity index is 1.31. The number of hydrogen-bond acceptors (Lipinski definition) is 5. The van der Waals surface area contributed by atoms with Crippen LogP contribution in [0.5, 0.6) is 11.6 Å². The first kappa shape index (κ1) is 19.3. The molecule has 6 nitrogen and oxygen atoms in total. The van der Waals surface area contributed by atoms with Crippen LogP contribution in [-0.4, -0.2) is 34.4 Å². The molecule has 0 N–H and O–H groups in total. The number of halogens is 3. The number of hydrogen-bond donors (Lipinski definition) is 0. The summed E-state index contributed by atoms with van der Waals surface area (Å²) in [6.07, 6.45) is 3.40. The minimum Gasteiger partial charge on any atom is -0.481 e. The first-order valence-corrected chi connectivity index (χ1v) is 10.2. The smallest absolute Gasteiger partial charge is 0.352 e. The lowest BCUT2D eigenvalue weighted by atomic mass is 10.2. The van der Waals surface area contributed by atoms with Crippen LogP contribution in [0.4, 0.5) is 19.0 Å². The van der Waals surface area contributed by atoms with E-state index in [1.165, 1.54) is 0 Å². The summed E-state index contributed by atoms with van der Waals surface area (Å²) in [6.45, 7) is 0.767. The van der Waals surface area contributed by atoms with Gasteiger partial charge >= 0.3 is 5.69 Å². The van der Waals surface area contributed by atoms with Gasteiger partial charge in [-0.25, -0.2) is 13.6 Å². The summed E-state index contributed by atoms with van der Waals surface area (Å²) in [5.41, 5.74) is -0.937. The molecule has 0 radical (unpaired) electrons. The van der Waals surface area contributed by atoms with Crippen LogP contribution in [0.1, 0.15) is 37.7 Å². The molecule has 1 atom stereocenters. The van der Waals surface area contributed by atoms with Crippen LogP contribution in [0.25, 0.3) is 0 Å². The second-order valence-corrected chi connectivity index (χ2v) is 8.24. The first-order valence-electron chi connectivity index (χ1n) is 10.2. The highest BCUT2D eigenvalue weighted by Gasteiger charge is 2.46. The van der Waals surface area contributed by atoms with E-state index in [-0.39, 0.29) is 30.2 Å². The highest BCUT2D eigenvalue weighted by Crippen LogP contribution is 2.44. The van der Waals surface area contributed by atoms with Gasteiger partial charge < -0.3 is 14.4 Å². The molecule has 9 heteroatoms. The predicted octanol–water partition coefficient (Wildman–Crippen LogP) is 3.35. The number of ether oxygens (including phenoxy) is 2. The summed E-state index contributed by atoms with van der Waals surface area (Å²) in [6, 6.07) is 4.27. The zero-order valence-corrected chi connectivity index (χ0v) is 16.4. The van der Waals surface area contributed by atoms with Crippen molar-refractivity contribution in [2.75, 3.05) is 18.1 Å². The van der Waals surface area contributed by atoms with Crippen molar-refractivity contribution in [3.8, 4) is 11.6 Å². The zero-order chi connectivity index (χ0) is 20.9. The van der Waals surface area contributed by atoms with Gasteiger partial charge in [-0.05, 0) is 43.4 Å². The minimum absolute atomic E-state index is 0.119. The number of rotatable bonds is 7. The lowest BCUT2D eigenvalue weighted by Gasteiger charge is -2.18. The molecule has 3 aliphatic rings. The van der Waals surface area contributed by atoms with Crippen LogP contribution in [0.15, 0.2) is 23.0 Å². The van der Waals surface area contributed by atoms with Crippen molar-refractivity contribution >= 4 is 5.82 Å². The molecule has 1 aliphatic carbocycles. The van der Waals surface area contributed by atoms with Gasteiger partial charge in [0.15, 0.2) is 17.4 Å². The molecule has 1 saturated carbocycles. The van der Waals surface area contributed by atoms with E-state index in [0.29, 0.717) is 25.4 Å². The Bertz CT molecular complexity index is 1010. The second kappa shape index (κ2) is 7.21. The monoisotopic (exact) mass is 421 g/mol. The number of fused-ring (bicyclic) bond motifs is 3. The Morgan fingerprint density at radius 3 is 2.67 bits per heavy atom. The van der Waals surface area contributed by atoms with Crippen molar-refractivity contribution in [1.82, 2.24) is 9.55 Å². The normalized spacial score (nSPS) is 20.8. The van der Waals surface area contributed by atoms with Crippen molar-refractivity contribution < 1.29 is 22.6 Å². The molecule has 3 heterocycles. The lowest BCUT2D eigenvalue weighted by Crippen LogP contribution is -2.24. The van der Waals surface area contributed by atoms with Crippen molar-refractivity contribution in [1.29, 1.82) is 0 Å². The topological polar surface area (TPSA) is 56.6 Å². The van der Waals surface area contributed by atoms with Crippen LogP contribution >= 0.6 is 0 Å². The maximum Gasteiger partial charge on any atom is 0.352 e. The standard InChI is InChI=1S/C21H22F3N3O3/c22-6-5-21(3-4-21)30-19-15(23)8-13(9-16(19)24)12-29-17-10-18-26-7-1-2-14(26)11-27(18)20(28)25-17/h8-10,14H,1-7,11-12H2/t14-/m1/s1. The molecule has 30 heavy (non-hydrogen) atoms. The van der Waals surface area contributed by atoms with Crippen molar-refractivity contribution in [2.45, 2.75) is 56.9 Å². The number of benzene rings is 1. The number of alkyl halides is 1. The summed E-state index contributed by atoms with van der Waals surface area (Å²) < 4.78 is 54.1. The van der Waals surface area contributed by atoms with Crippen LogP contribution in [0.2, 0.25) is 0 Å². The highest BCUT2D eigenvalue weighted by atomic mass is 19.1. The third-order valence-electron chi connectivity index (χ3n) is 6.15. The summed E-state index contributed by atoms with van der Waals surface area (Å²) in [4.78, 5) is 18.4. The SMILES string of the molecule is O=c1nc(OCc2cc(F)c(OC3(CCF)CC3)c(F)c2)cc2n1C[C@H]1CCCN21. The molecule has 0 bridgehead atoms. The van der Waals surface area contributed by atoms with Crippen LogP contribution in [0.3, 0.4) is 0 Å². The number of nitrogens with zero attached hydrogens (tertiary/aromatic N) is 3. The quantitative estimate of drug-likeness (QED) is 0.686. The predicted molar refractivity (Wildman–Crippen MR) is 103 cm³/mol. The molecule has 0 amide bonds. The molecule has 2 aliphatic heterocycles. The molecule has 2 fully saturated rings. The van der Waals surface area contributed by atoms with Crippen LogP contribution in [0, 0.1) is 11.6 Å². The minimum atomic E-state index is -0.861. The summed E-state index contributed by atoms with van der Waals surface area (Å²) in [5.74, 6) is -1.31. The van der Waals surface area contributed by atoms with E-state index in [4.69, 9.17) is 9.47 Å². The van der Waals surface area contributed by atoms with Gasteiger partial charge in [-0.3, -0.25) is 8.96 Å². The Morgan fingerprint density at radius 2 is 1.97 bits per heavy atom. The Morgan fingerprint density at radius 1 is 1.20 bits per heavy atom. The van der Waals surface area contributed by atoms with Crippen LogP contribution < -0.4 is 20.1 Å². The summed E-state index contributed by atoms with van der Waals surface area (Å²) in [7, 11) is 0. The average molecular weight is 421 g/mol. The van der Waals surface area contributed by atoms with Gasteiger partial charge in [-0.15, -0.1) is 0 Å². The number of anilines is 1. The van der Waals surface area contributed by atoms with Gasteiger partial charge in [0.05, 0.1) is 6.67 Å². The number of aromatic nitrogens is 2. The van der Waals surface area contributed by atoms with Gasteiger partial charge in [-0.1, -0.05) is 0 Å². The summed E-state index contributed by atoms with van der Waals surface area (Å²) >= 11 is 0. The van der Waals surface area contributed by atoms with E-state index >= 15 is 0 Å². The molecular formula is C21H22F3N3O3. The van der Waals surface area contributed by atoms with E-state index in [1.807, 2.05) is 0 Å². The Labute approximate surface area is 171 Å². The van der Waals surface area contributed by atoms with Crippen molar-refractivity contribution in [3.05, 3.63) is 45.9 Å². The van der Waals surface area contributed by atoms with Gasteiger partial charge in [0.2, 0.25) is 5.88 Å². The molecule has 1 aromatic carbocycles. The maximum atomic E-state index is 14.4. The van der Waals surface area contributed by atoms with Crippen molar-refractivity contribution in [3.63, 3.8) is 0 Å². The summed E-state index contributed by atoms with van der Waals surface area (Å²) in [5, 5.41) is 0. The fourth-order valence-corrected chi connectivity index (χ4v) is 4.38. The largest absolute Gasteiger partial charge is 0.481 e. The molecule has 160 valence electrons. The third-order valence-corrected chi connectivity index (χ3v) is 6.15. The average Bonchev–Trinajstić information content (AvgIpc) is 3.15. The van der Waals surface area contributed by atoms with E-state index in [1.54, 1.807) is 10.6 Å². The fraction of sp³-hybridized carbons (Fsp3) is 0.524. The van der Waals surface area contributed by atoms with E-state index < -0.39 is 29.7 Å². The lowest BCUT2D eigenvalue weighted by molar-refractivity contribution is 0.142. The van der Waals surface area contributed by atoms with E-state index in [9.17, 15) is 18.0 Å².